The van der Waals surface area contributed by atoms with Gasteiger partial charge in [0.2, 0.25) is 0 Å². The van der Waals surface area contributed by atoms with Gasteiger partial charge in [-0.3, -0.25) is 14.5 Å². The van der Waals surface area contributed by atoms with E-state index in [1.54, 1.807) is 24.4 Å². The summed E-state index contributed by atoms with van der Waals surface area (Å²) in [6.07, 6.45) is 2.42. The molecule has 5 rings (SSSR count). The lowest BCUT2D eigenvalue weighted by Gasteiger charge is -2.34. The lowest BCUT2D eigenvalue weighted by molar-refractivity contribution is -0.138. The third-order valence-electron chi connectivity index (χ3n) is 8.02. The fourth-order valence-electron chi connectivity index (χ4n) is 5.44. The third-order valence-corrected chi connectivity index (χ3v) is 8.02. The Morgan fingerprint density at radius 1 is 1.09 bits per heavy atom. The molecule has 0 saturated carbocycles. The lowest BCUT2D eigenvalue weighted by Crippen LogP contribution is -2.45. The monoisotopic (exact) mass is 596 g/mol. The molecule has 3 heterocycles. The molecule has 43 heavy (non-hydrogen) atoms. The smallest absolute Gasteiger partial charge is 0.416 e. The quantitative estimate of drug-likeness (QED) is 0.349. The molecule has 1 aromatic carbocycles. The first kappa shape index (κ1) is 30.3. The number of methoxy groups -OCH3 is 1. The fourth-order valence-corrected chi connectivity index (χ4v) is 5.44. The molecule has 3 N–H and O–H groups in total. The van der Waals surface area contributed by atoms with Crippen LogP contribution in [0.5, 0.6) is 5.75 Å². The summed E-state index contributed by atoms with van der Waals surface area (Å²) in [5, 5.41) is 6.25. The highest BCUT2D eigenvalue weighted by molar-refractivity contribution is 6.02. The average Bonchev–Trinajstić information content (AvgIpc) is 3.47. The second-order valence-electron chi connectivity index (χ2n) is 10.8. The van der Waals surface area contributed by atoms with Gasteiger partial charge in [0, 0.05) is 62.1 Å². The zero-order chi connectivity index (χ0) is 30.7. The Morgan fingerprint density at radius 3 is 2.53 bits per heavy atom. The number of pyridine rings is 1. The molecule has 0 bridgehead atoms. The van der Waals surface area contributed by atoms with Crippen molar-refractivity contribution in [2.45, 2.75) is 33.0 Å². The number of halogens is 3. The Bertz CT molecular complexity index is 1570. The van der Waals surface area contributed by atoms with Gasteiger partial charge in [-0.2, -0.15) is 13.2 Å². The van der Waals surface area contributed by atoms with Gasteiger partial charge in [-0.1, -0.05) is 26.0 Å². The molecule has 1 saturated heterocycles. The number of nitrogens with zero attached hydrogens (tertiary/aromatic N) is 3. The molecule has 0 spiro atoms. The Kier molecular flexibility index (Phi) is 8.88. The van der Waals surface area contributed by atoms with Crippen LogP contribution in [0.3, 0.4) is 0 Å². The van der Waals surface area contributed by atoms with Crippen LogP contribution < -0.4 is 15.4 Å². The number of aromatic nitrogens is 2. The van der Waals surface area contributed by atoms with Gasteiger partial charge < -0.3 is 25.3 Å². The Hall–Kier alpha value is -4.16. The van der Waals surface area contributed by atoms with E-state index in [1.807, 2.05) is 11.8 Å². The molecule has 1 aliphatic heterocycles. The molecule has 9 nitrogen and oxygen atoms in total. The molecule has 228 valence electrons. The zero-order valence-electron chi connectivity index (χ0n) is 24.3. The van der Waals surface area contributed by atoms with Gasteiger partial charge in [0.25, 0.3) is 11.8 Å². The van der Waals surface area contributed by atoms with E-state index in [0.717, 1.165) is 25.7 Å². The molecule has 2 amide bonds. The molecular weight excluding hydrogens is 561 g/mol. The van der Waals surface area contributed by atoms with Gasteiger partial charge in [0.15, 0.2) is 0 Å². The first-order chi connectivity index (χ1) is 20.6. The number of allylic oxidation sites excluding steroid dienone is 3. The highest BCUT2D eigenvalue weighted by Gasteiger charge is 2.35. The lowest BCUT2D eigenvalue weighted by atomic mass is 9.96. The summed E-state index contributed by atoms with van der Waals surface area (Å²) in [6, 6.07) is 5.51. The van der Waals surface area contributed by atoms with Crippen molar-refractivity contribution in [3.05, 3.63) is 82.5 Å². The van der Waals surface area contributed by atoms with E-state index in [-0.39, 0.29) is 29.2 Å². The predicted octanol–water partition coefficient (Wildman–Crippen LogP) is 4.70. The number of carbonyl (C=O) groups is 2. The number of amides is 2. The fraction of sp³-hybridized carbons (Fsp3) is 0.387. The standard InChI is InChI=1S/C31H35F3N6O3/c1-4-39-11-13-40(14-12-39)18-21-7-6-20(15-25(21)31(32,33)34)29(41)37-22-8-5-19(2)26(16-22)38-30(42)24-17-36-28-23(9-10-35-28)27(24)43-3/h6-10,15-17,19H,4-5,11-14,18H2,1-3H3,(H,35,36)(H,37,41)(H,38,42). The predicted molar refractivity (Wildman–Crippen MR) is 156 cm³/mol. The van der Waals surface area contributed by atoms with Gasteiger partial charge in [-0.05, 0) is 48.7 Å². The molecule has 1 unspecified atom stereocenters. The first-order valence-electron chi connectivity index (χ1n) is 14.3. The molecule has 1 atom stereocenters. The van der Waals surface area contributed by atoms with E-state index >= 15 is 0 Å². The molecule has 0 radical (unpaired) electrons. The van der Waals surface area contributed by atoms with Crippen LogP contribution >= 0.6 is 0 Å². The van der Waals surface area contributed by atoms with Crippen molar-refractivity contribution in [1.29, 1.82) is 0 Å². The van der Waals surface area contributed by atoms with E-state index in [2.05, 4.69) is 32.4 Å². The summed E-state index contributed by atoms with van der Waals surface area (Å²) < 4.78 is 47.7. The maximum atomic E-state index is 14.1. The number of benzene rings is 1. The molecule has 3 aromatic rings. The van der Waals surface area contributed by atoms with Crippen LogP contribution in [0.1, 0.15) is 52.1 Å². The Labute approximate surface area is 247 Å². The van der Waals surface area contributed by atoms with Crippen LogP contribution in [-0.2, 0) is 12.7 Å². The number of ether oxygens (including phenoxy) is 1. The second-order valence-corrected chi connectivity index (χ2v) is 10.8. The number of likely N-dealkylation sites (N-methyl/N-ethyl adjacent to an activating group) is 1. The van der Waals surface area contributed by atoms with E-state index in [4.69, 9.17) is 4.74 Å². The van der Waals surface area contributed by atoms with E-state index in [1.165, 1.54) is 25.4 Å². The highest BCUT2D eigenvalue weighted by Crippen LogP contribution is 2.34. The van der Waals surface area contributed by atoms with Crippen molar-refractivity contribution >= 4 is 22.8 Å². The zero-order valence-corrected chi connectivity index (χ0v) is 24.3. The SMILES string of the molecule is CCN1CCN(Cc2ccc(C(=O)NC3=CCC(C)C(NC(=O)c4cnc5[nH]ccc5c4OC)=C3)cc2C(F)(F)F)CC1. The van der Waals surface area contributed by atoms with Crippen LogP contribution in [0.15, 0.2) is 60.2 Å². The minimum absolute atomic E-state index is 0.0742. The molecule has 2 aromatic heterocycles. The number of nitrogens with one attached hydrogen (secondary N) is 3. The topological polar surface area (TPSA) is 103 Å². The van der Waals surface area contributed by atoms with Crippen molar-refractivity contribution in [3.8, 4) is 5.75 Å². The molecule has 1 aliphatic carbocycles. The van der Waals surface area contributed by atoms with Crippen LogP contribution in [0.2, 0.25) is 0 Å². The van der Waals surface area contributed by atoms with Crippen molar-refractivity contribution in [3.63, 3.8) is 0 Å². The van der Waals surface area contributed by atoms with Crippen LogP contribution in [-0.4, -0.2) is 71.4 Å². The van der Waals surface area contributed by atoms with E-state index < -0.39 is 23.6 Å². The van der Waals surface area contributed by atoms with Gasteiger partial charge in [0.1, 0.15) is 17.0 Å². The maximum Gasteiger partial charge on any atom is 0.416 e. The first-order valence-corrected chi connectivity index (χ1v) is 14.3. The summed E-state index contributed by atoms with van der Waals surface area (Å²) in [4.78, 5) is 37.8. The molecule has 12 heteroatoms. The van der Waals surface area contributed by atoms with Gasteiger partial charge in [-0.25, -0.2) is 4.98 Å². The molecular formula is C31H35F3N6O3. The normalized spacial score (nSPS) is 18.2. The maximum absolute atomic E-state index is 14.1. The number of rotatable bonds is 8. The van der Waals surface area contributed by atoms with E-state index in [0.29, 0.717) is 47.7 Å². The van der Waals surface area contributed by atoms with Crippen molar-refractivity contribution in [2.75, 3.05) is 39.8 Å². The number of hydrogen-bond acceptors (Lipinski definition) is 6. The Morgan fingerprint density at radius 2 is 1.84 bits per heavy atom. The van der Waals surface area contributed by atoms with E-state index in [9.17, 15) is 22.8 Å². The van der Waals surface area contributed by atoms with Crippen molar-refractivity contribution in [1.82, 2.24) is 30.4 Å². The highest BCUT2D eigenvalue weighted by atomic mass is 19.4. The summed E-state index contributed by atoms with van der Waals surface area (Å²) in [5.41, 5.74) is 1.01. The average molecular weight is 597 g/mol. The van der Waals surface area contributed by atoms with Crippen molar-refractivity contribution < 1.29 is 27.5 Å². The van der Waals surface area contributed by atoms with Crippen LogP contribution in [0.4, 0.5) is 13.2 Å². The van der Waals surface area contributed by atoms with Crippen LogP contribution in [0.25, 0.3) is 11.0 Å². The summed E-state index contributed by atoms with van der Waals surface area (Å²) in [7, 11) is 1.47. The molecule has 1 fully saturated rings. The summed E-state index contributed by atoms with van der Waals surface area (Å²) in [5.74, 6) is -0.793. The largest absolute Gasteiger partial charge is 0.495 e. The molecule has 2 aliphatic rings. The number of fused-ring (bicyclic) bond motifs is 1. The number of aromatic amines is 1. The third kappa shape index (κ3) is 6.75. The number of alkyl halides is 3. The Balaban J connectivity index is 1.30. The van der Waals surface area contributed by atoms with Crippen molar-refractivity contribution in [2.24, 2.45) is 5.92 Å². The minimum atomic E-state index is -4.60. The van der Waals surface area contributed by atoms with Gasteiger partial charge >= 0.3 is 6.18 Å². The summed E-state index contributed by atoms with van der Waals surface area (Å²) in [6.45, 7) is 8.08. The number of H-pyrrole nitrogens is 1. The number of hydrogen-bond donors (Lipinski definition) is 3. The van der Waals surface area contributed by atoms with Gasteiger partial charge in [-0.15, -0.1) is 0 Å². The second kappa shape index (κ2) is 12.6. The minimum Gasteiger partial charge on any atom is -0.495 e. The van der Waals surface area contributed by atoms with Gasteiger partial charge in [0.05, 0.1) is 18.1 Å². The number of piperazine rings is 1. The summed E-state index contributed by atoms with van der Waals surface area (Å²) >= 11 is 0. The number of carbonyl (C=O) groups excluding carboxylic acids is 2. The van der Waals surface area contributed by atoms with Crippen LogP contribution in [0, 0.1) is 5.92 Å².